The molecule has 2 N–H and O–H groups in total. The van der Waals surface area contributed by atoms with Crippen molar-refractivity contribution in [2.24, 2.45) is 5.16 Å². The second-order valence-corrected chi connectivity index (χ2v) is 13.2. The van der Waals surface area contributed by atoms with Gasteiger partial charge in [0.1, 0.15) is 6.17 Å². The SMILES string of the molecule is CCCCCC(Oc1ccc(C2NC(=O)c3cc(C)ccc3N2)cc1OC)Oc1c(OC)cc(C2CC(c3cc(OC)c(OC)c(OC)c3)=NO2)cc1OC. The van der Waals surface area contributed by atoms with Crippen LogP contribution in [0.4, 0.5) is 5.69 Å². The van der Waals surface area contributed by atoms with Crippen molar-refractivity contribution in [2.45, 2.75) is 64.5 Å². The number of nitrogens with zero attached hydrogens (tertiary/aromatic N) is 1. The van der Waals surface area contributed by atoms with Gasteiger partial charge in [0.25, 0.3) is 5.91 Å². The van der Waals surface area contributed by atoms with Gasteiger partial charge in [0.2, 0.25) is 17.8 Å². The molecule has 0 aromatic heterocycles. The van der Waals surface area contributed by atoms with E-state index in [0.29, 0.717) is 70.1 Å². The van der Waals surface area contributed by atoms with Gasteiger partial charge in [0.05, 0.1) is 53.9 Å². The molecule has 0 saturated heterocycles. The summed E-state index contributed by atoms with van der Waals surface area (Å²) in [5, 5.41) is 10.9. The van der Waals surface area contributed by atoms with Crippen LogP contribution in [-0.2, 0) is 4.84 Å². The summed E-state index contributed by atoms with van der Waals surface area (Å²) in [6.07, 6.45) is 2.33. The monoisotopic (exact) mass is 755 g/mol. The molecule has 0 radical (unpaired) electrons. The van der Waals surface area contributed by atoms with Crippen molar-refractivity contribution in [1.82, 2.24) is 5.32 Å². The van der Waals surface area contributed by atoms with Crippen molar-refractivity contribution < 1.29 is 47.5 Å². The van der Waals surface area contributed by atoms with Gasteiger partial charge in [-0.15, -0.1) is 0 Å². The lowest BCUT2D eigenvalue weighted by Crippen LogP contribution is -2.38. The summed E-state index contributed by atoms with van der Waals surface area (Å²) in [6, 6.07) is 18.7. The number of unbranched alkanes of at least 4 members (excludes halogenated alkanes) is 2. The summed E-state index contributed by atoms with van der Waals surface area (Å²) in [4.78, 5) is 18.9. The average Bonchev–Trinajstić information content (AvgIpc) is 3.71. The molecule has 0 aliphatic carbocycles. The zero-order valence-electron chi connectivity index (χ0n) is 32.6. The van der Waals surface area contributed by atoms with Gasteiger partial charge in [-0.05, 0) is 67.4 Å². The predicted octanol–water partition coefficient (Wildman–Crippen LogP) is 8.13. The van der Waals surface area contributed by atoms with Gasteiger partial charge in [-0.25, -0.2) is 0 Å². The lowest BCUT2D eigenvalue weighted by molar-refractivity contribution is -0.00757. The highest BCUT2D eigenvalue weighted by Gasteiger charge is 2.30. The fourth-order valence-corrected chi connectivity index (χ4v) is 6.65. The Labute approximate surface area is 321 Å². The van der Waals surface area contributed by atoms with E-state index in [9.17, 15) is 4.79 Å². The zero-order chi connectivity index (χ0) is 39.1. The fourth-order valence-electron chi connectivity index (χ4n) is 6.65. The van der Waals surface area contributed by atoms with Gasteiger partial charge in [-0.3, -0.25) is 4.79 Å². The Morgan fingerprint density at radius 3 is 2.00 bits per heavy atom. The number of benzene rings is 4. The molecule has 4 aromatic rings. The normalized spacial score (nSPS) is 16.4. The van der Waals surface area contributed by atoms with Crippen LogP contribution in [0.3, 0.4) is 0 Å². The Balaban J connectivity index is 1.22. The number of methoxy groups -OCH3 is 6. The second kappa shape index (κ2) is 17.4. The molecule has 2 aliphatic rings. The number of amides is 1. The number of hydrogen-bond acceptors (Lipinski definition) is 12. The average molecular weight is 756 g/mol. The van der Waals surface area contributed by atoms with E-state index >= 15 is 0 Å². The number of ether oxygens (including phenoxy) is 8. The Morgan fingerprint density at radius 2 is 1.36 bits per heavy atom. The molecule has 4 aromatic carbocycles. The summed E-state index contributed by atoms with van der Waals surface area (Å²) >= 11 is 0. The van der Waals surface area contributed by atoms with Gasteiger partial charge in [0.15, 0.2) is 40.6 Å². The predicted molar refractivity (Wildman–Crippen MR) is 208 cm³/mol. The highest BCUT2D eigenvalue weighted by Crippen LogP contribution is 2.45. The molecule has 1 amide bonds. The van der Waals surface area contributed by atoms with Gasteiger partial charge < -0.3 is 53.4 Å². The van der Waals surface area contributed by atoms with Crippen molar-refractivity contribution in [3.63, 3.8) is 0 Å². The van der Waals surface area contributed by atoms with Gasteiger partial charge in [-0.1, -0.05) is 42.6 Å². The van der Waals surface area contributed by atoms with Crippen LogP contribution in [0.25, 0.3) is 0 Å². The third kappa shape index (κ3) is 8.40. The minimum Gasteiger partial charge on any atom is -0.493 e. The maximum atomic E-state index is 13.0. The molecule has 3 atom stereocenters. The fraction of sp³-hybridized carbons (Fsp3) is 0.381. The third-order valence-corrected chi connectivity index (χ3v) is 9.59. The summed E-state index contributed by atoms with van der Waals surface area (Å²) in [5.41, 5.74) is 5.48. The Morgan fingerprint density at radius 1 is 0.709 bits per heavy atom. The van der Waals surface area contributed by atoms with E-state index in [1.807, 2.05) is 67.6 Å². The maximum Gasteiger partial charge on any atom is 0.255 e. The van der Waals surface area contributed by atoms with E-state index in [0.717, 1.165) is 47.2 Å². The van der Waals surface area contributed by atoms with Crippen molar-refractivity contribution in [3.05, 3.63) is 88.5 Å². The summed E-state index contributed by atoms with van der Waals surface area (Å²) in [7, 11) is 9.43. The van der Waals surface area contributed by atoms with Crippen molar-refractivity contribution in [2.75, 3.05) is 48.0 Å². The number of rotatable bonds is 17. The van der Waals surface area contributed by atoms with Crippen molar-refractivity contribution in [1.29, 1.82) is 0 Å². The molecule has 0 bridgehead atoms. The topological polar surface area (TPSA) is 137 Å². The standard InChI is InChI=1S/C42H49N3O10/c1-9-10-11-12-38(53-31-16-14-25(18-33(31)47-3)41-43-29-15-13-24(2)17-28(29)42(46)44-41)54-40-36(50-6)21-27(22-37(40)51-7)32-23-30(45-55-32)26-19-34(48-4)39(52-8)35(20-26)49-5/h13-22,32,38,41,43H,9-12,23H2,1-8H3,(H,44,46). The van der Waals surface area contributed by atoms with Crippen molar-refractivity contribution in [3.8, 4) is 46.0 Å². The number of carbonyl (C=O) groups excluding carboxylic acids is 1. The molecule has 13 nitrogen and oxygen atoms in total. The molecule has 0 saturated carbocycles. The molecule has 13 heteroatoms. The smallest absolute Gasteiger partial charge is 0.255 e. The van der Waals surface area contributed by atoms with Gasteiger partial charge in [0, 0.05) is 29.7 Å². The van der Waals surface area contributed by atoms with E-state index < -0.39 is 18.6 Å². The number of carbonyl (C=O) groups is 1. The minimum absolute atomic E-state index is 0.147. The maximum absolute atomic E-state index is 13.0. The lowest BCUT2D eigenvalue weighted by Gasteiger charge is -2.29. The van der Waals surface area contributed by atoms with Crippen LogP contribution in [0, 0.1) is 6.92 Å². The Hall–Kier alpha value is -5.98. The molecule has 2 heterocycles. The van der Waals surface area contributed by atoms with E-state index in [1.54, 1.807) is 42.7 Å². The molecule has 55 heavy (non-hydrogen) atoms. The summed E-state index contributed by atoms with van der Waals surface area (Å²) in [6.45, 7) is 4.10. The largest absolute Gasteiger partial charge is 0.493 e. The summed E-state index contributed by atoms with van der Waals surface area (Å²) in [5.74, 6) is 3.64. The van der Waals surface area contributed by atoms with E-state index in [-0.39, 0.29) is 5.91 Å². The first-order valence-electron chi connectivity index (χ1n) is 18.2. The molecule has 0 fully saturated rings. The quantitative estimate of drug-likeness (QED) is 0.0799. The lowest BCUT2D eigenvalue weighted by atomic mass is 9.99. The minimum atomic E-state index is -0.722. The second-order valence-electron chi connectivity index (χ2n) is 13.2. The molecule has 2 aliphatic heterocycles. The van der Waals surface area contributed by atoms with Crippen LogP contribution in [-0.4, -0.2) is 60.6 Å². The number of fused-ring (bicyclic) bond motifs is 1. The molecule has 292 valence electrons. The number of nitrogens with one attached hydrogen (secondary N) is 2. The van der Waals surface area contributed by atoms with Crippen LogP contribution in [0.15, 0.2) is 65.8 Å². The molecular formula is C42H49N3O10. The van der Waals surface area contributed by atoms with Crippen LogP contribution in [0.1, 0.15) is 83.9 Å². The van der Waals surface area contributed by atoms with Crippen LogP contribution in [0.2, 0.25) is 0 Å². The van der Waals surface area contributed by atoms with E-state index in [4.69, 9.17) is 42.7 Å². The van der Waals surface area contributed by atoms with Gasteiger partial charge >= 0.3 is 0 Å². The Bertz CT molecular complexity index is 1980. The number of oxime groups is 1. The molecule has 6 rings (SSSR count). The Kier molecular flexibility index (Phi) is 12.3. The summed E-state index contributed by atoms with van der Waals surface area (Å²) < 4.78 is 47.2. The highest BCUT2D eigenvalue weighted by atomic mass is 16.7. The zero-order valence-corrected chi connectivity index (χ0v) is 32.6. The molecule has 3 unspecified atom stereocenters. The number of aryl methyl sites for hydroxylation is 1. The molecule has 0 spiro atoms. The van der Waals surface area contributed by atoms with Crippen LogP contribution >= 0.6 is 0 Å². The van der Waals surface area contributed by atoms with Crippen LogP contribution < -0.4 is 48.5 Å². The van der Waals surface area contributed by atoms with E-state index in [1.165, 1.54) is 0 Å². The first-order valence-corrected chi connectivity index (χ1v) is 18.2. The highest BCUT2D eigenvalue weighted by molar-refractivity contribution is 6.03. The number of anilines is 1. The third-order valence-electron chi connectivity index (χ3n) is 9.59. The first kappa shape index (κ1) is 38.7. The first-order chi connectivity index (χ1) is 26.7. The van der Waals surface area contributed by atoms with E-state index in [2.05, 4.69) is 22.7 Å². The molecular weight excluding hydrogens is 706 g/mol. The van der Waals surface area contributed by atoms with Crippen molar-refractivity contribution >= 4 is 17.3 Å². The van der Waals surface area contributed by atoms with Gasteiger partial charge in [-0.2, -0.15) is 0 Å². The van der Waals surface area contributed by atoms with Crippen LogP contribution in [0.5, 0.6) is 46.0 Å². The number of hydrogen-bond donors (Lipinski definition) is 2.